The summed E-state index contributed by atoms with van der Waals surface area (Å²) >= 11 is 0. The summed E-state index contributed by atoms with van der Waals surface area (Å²) in [5.41, 5.74) is 3.93. The Morgan fingerprint density at radius 3 is 2.65 bits per heavy atom. The Morgan fingerprint density at radius 1 is 0.941 bits per heavy atom. The molecule has 0 aliphatic rings. The van der Waals surface area contributed by atoms with Crippen molar-refractivity contribution in [2.75, 3.05) is 0 Å². The zero-order valence-electron chi connectivity index (χ0n) is 17.8. The van der Waals surface area contributed by atoms with Crippen LogP contribution in [0.1, 0.15) is 16.3 Å². The number of hydrogen-bond donors (Lipinski definition) is 1. The lowest BCUT2D eigenvalue weighted by Gasteiger charge is -2.08. The average Bonchev–Trinajstić information content (AvgIpc) is 3.50. The molecule has 0 spiro atoms. The lowest BCUT2D eigenvalue weighted by molar-refractivity contribution is 0.0686. The number of carboxylic acid groups (broad SMARTS) is 1. The van der Waals surface area contributed by atoms with E-state index in [2.05, 4.69) is 20.1 Å². The first kappa shape index (κ1) is 19.8. The number of para-hydroxylation sites is 1. The van der Waals surface area contributed by atoms with Crippen LogP contribution in [0.15, 0.2) is 89.7 Å². The minimum atomic E-state index is -1.05. The normalized spacial score (nSPS) is 11.3. The highest BCUT2D eigenvalue weighted by Gasteiger charge is 2.21. The Morgan fingerprint density at radius 2 is 1.79 bits per heavy atom. The van der Waals surface area contributed by atoms with Gasteiger partial charge in [-0.2, -0.15) is 4.98 Å². The zero-order valence-corrected chi connectivity index (χ0v) is 17.8. The molecule has 1 N–H and O–H groups in total. The quantitative estimate of drug-likeness (QED) is 0.394. The third-order valence-corrected chi connectivity index (χ3v) is 5.73. The largest absolute Gasteiger partial charge is 0.477 e. The van der Waals surface area contributed by atoms with Gasteiger partial charge in [0.25, 0.3) is 5.89 Å². The molecule has 0 atom stereocenters. The molecule has 0 saturated heterocycles. The molecule has 4 heterocycles. The molecule has 8 nitrogen and oxygen atoms in total. The molecule has 0 amide bonds. The number of carboxylic acids is 1. The number of rotatable bonds is 5. The van der Waals surface area contributed by atoms with Gasteiger partial charge in [-0.05, 0) is 30.3 Å². The van der Waals surface area contributed by atoms with Crippen LogP contribution in [0.5, 0.6) is 0 Å². The van der Waals surface area contributed by atoms with Crippen molar-refractivity contribution < 1.29 is 14.4 Å². The zero-order chi connectivity index (χ0) is 23.1. The van der Waals surface area contributed by atoms with Crippen LogP contribution in [0, 0.1) is 0 Å². The van der Waals surface area contributed by atoms with Gasteiger partial charge in [0, 0.05) is 34.3 Å². The first-order valence-corrected chi connectivity index (χ1v) is 10.6. The minimum absolute atomic E-state index is 0.114. The summed E-state index contributed by atoms with van der Waals surface area (Å²) in [5.74, 6) is -0.290. The van der Waals surface area contributed by atoms with E-state index in [4.69, 9.17) is 4.52 Å². The molecule has 0 radical (unpaired) electrons. The standard InChI is InChI=1S/C26H17N5O3/c32-26(33)21-14-19-20(31(21)15-22-29-25(34-30-22)17-6-2-1-3-7-17)11-13-28-24(19)18-10-4-8-16-9-5-12-27-23(16)18/h1-14H,15H2,(H,32,33). The van der Waals surface area contributed by atoms with Crippen molar-refractivity contribution >= 4 is 27.8 Å². The van der Waals surface area contributed by atoms with Gasteiger partial charge in [0.2, 0.25) is 0 Å². The second-order valence-corrected chi connectivity index (χ2v) is 7.78. The third kappa shape index (κ3) is 3.29. The summed E-state index contributed by atoms with van der Waals surface area (Å²) in [6.45, 7) is 0.138. The Balaban J connectivity index is 1.49. The third-order valence-electron chi connectivity index (χ3n) is 5.73. The smallest absolute Gasteiger partial charge is 0.352 e. The van der Waals surface area contributed by atoms with Crippen molar-refractivity contribution in [3.63, 3.8) is 0 Å². The number of aromatic nitrogens is 5. The van der Waals surface area contributed by atoms with Gasteiger partial charge in [0.1, 0.15) is 5.69 Å². The molecular weight excluding hydrogens is 430 g/mol. The maximum absolute atomic E-state index is 12.2. The van der Waals surface area contributed by atoms with Crippen LogP contribution in [0.25, 0.3) is 44.5 Å². The summed E-state index contributed by atoms with van der Waals surface area (Å²) in [5, 5.41) is 15.7. The SMILES string of the molecule is O=C(O)c1cc2c(-c3cccc4cccnc34)nccc2n1Cc1noc(-c2ccccc2)n1. The molecule has 8 heteroatoms. The van der Waals surface area contributed by atoms with Gasteiger partial charge in [0.05, 0.1) is 23.3 Å². The predicted octanol–water partition coefficient (Wildman–Crippen LogP) is 5.05. The number of fused-ring (bicyclic) bond motifs is 2. The van der Waals surface area contributed by atoms with Gasteiger partial charge in [-0.1, -0.05) is 47.6 Å². The molecule has 4 aromatic heterocycles. The van der Waals surface area contributed by atoms with Crippen LogP contribution in [0.4, 0.5) is 0 Å². The molecule has 164 valence electrons. The van der Waals surface area contributed by atoms with E-state index in [0.717, 1.165) is 22.0 Å². The fraction of sp³-hybridized carbons (Fsp3) is 0.0385. The Kier molecular flexibility index (Phi) is 4.62. The Hall–Kier alpha value is -4.85. The molecule has 2 aromatic carbocycles. The summed E-state index contributed by atoms with van der Waals surface area (Å²) in [4.78, 5) is 25.7. The lowest BCUT2D eigenvalue weighted by Crippen LogP contribution is -2.10. The molecule has 0 bridgehead atoms. The highest BCUT2D eigenvalue weighted by atomic mass is 16.5. The number of aromatic carboxylic acids is 1. The van der Waals surface area contributed by atoms with Crippen LogP contribution in [0.2, 0.25) is 0 Å². The topological polar surface area (TPSA) is 107 Å². The Bertz CT molecular complexity index is 1670. The van der Waals surface area contributed by atoms with Gasteiger partial charge in [0.15, 0.2) is 5.82 Å². The summed E-state index contributed by atoms with van der Waals surface area (Å²) in [7, 11) is 0. The first-order chi connectivity index (χ1) is 16.7. The lowest BCUT2D eigenvalue weighted by atomic mass is 10.0. The van der Waals surface area contributed by atoms with Gasteiger partial charge >= 0.3 is 5.97 Å². The van der Waals surface area contributed by atoms with Crippen molar-refractivity contribution in [1.82, 2.24) is 24.7 Å². The first-order valence-electron chi connectivity index (χ1n) is 10.6. The molecule has 0 saturated carbocycles. The van der Waals surface area contributed by atoms with E-state index in [1.807, 2.05) is 60.7 Å². The predicted molar refractivity (Wildman–Crippen MR) is 126 cm³/mol. The van der Waals surface area contributed by atoms with E-state index < -0.39 is 5.97 Å². The second-order valence-electron chi connectivity index (χ2n) is 7.78. The summed E-state index contributed by atoms with van der Waals surface area (Å²) < 4.78 is 7.08. The fourth-order valence-corrected chi connectivity index (χ4v) is 4.20. The number of benzene rings is 2. The molecule has 6 aromatic rings. The van der Waals surface area contributed by atoms with Crippen LogP contribution in [-0.4, -0.2) is 35.8 Å². The fourth-order valence-electron chi connectivity index (χ4n) is 4.20. The summed E-state index contributed by atoms with van der Waals surface area (Å²) in [6, 6.07) is 22.6. The molecular formula is C26H17N5O3. The van der Waals surface area contributed by atoms with E-state index in [1.165, 1.54) is 0 Å². The van der Waals surface area contributed by atoms with E-state index in [0.29, 0.717) is 28.3 Å². The summed E-state index contributed by atoms with van der Waals surface area (Å²) in [6.07, 6.45) is 3.41. The van der Waals surface area contributed by atoms with Gasteiger partial charge in [-0.15, -0.1) is 0 Å². The molecule has 0 unspecified atom stereocenters. The maximum Gasteiger partial charge on any atom is 0.352 e. The van der Waals surface area contributed by atoms with E-state index in [1.54, 1.807) is 29.1 Å². The van der Waals surface area contributed by atoms with E-state index in [9.17, 15) is 9.90 Å². The van der Waals surface area contributed by atoms with Crippen molar-refractivity contribution in [3.8, 4) is 22.7 Å². The highest BCUT2D eigenvalue weighted by molar-refractivity contribution is 6.04. The number of nitrogens with zero attached hydrogens (tertiary/aromatic N) is 5. The monoisotopic (exact) mass is 447 g/mol. The van der Waals surface area contributed by atoms with E-state index >= 15 is 0 Å². The number of carbonyl (C=O) groups is 1. The maximum atomic E-state index is 12.2. The van der Waals surface area contributed by atoms with Crippen LogP contribution in [0.3, 0.4) is 0 Å². The molecule has 6 rings (SSSR count). The molecule has 0 fully saturated rings. The average molecular weight is 447 g/mol. The van der Waals surface area contributed by atoms with Gasteiger partial charge < -0.3 is 14.2 Å². The Labute approximate surface area is 193 Å². The van der Waals surface area contributed by atoms with Gasteiger partial charge in [-0.25, -0.2) is 4.79 Å². The highest BCUT2D eigenvalue weighted by Crippen LogP contribution is 2.33. The van der Waals surface area contributed by atoms with E-state index in [-0.39, 0.29) is 12.2 Å². The molecule has 0 aliphatic carbocycles. The molecule has 34 heavy (non-hydrogen) atoms. The van der Waals surface area contributed by atoms with Crippen LogP contribution in [-0.2, 0) is 6.54 Å². The number of pyridine rings is 2. The van der Waals surface area contributed by atoms with Gasteiger partial charge in [-0.3, -0.25) is 9.97 Å². The van der Waals surface area contributed by atoms with Crippen LogP contribution >= 0.6 is 0 Å². The second kappa shape index (κ2) is 7.93. The van der Waals surface area contributed by atoms with Crippen molar-refractivity contribution in [2.24, 2.45) is 0 Å². The van der Waals surface area contributed by atoms with Crippen molar-refractivity contribution in [1.29, 1.82) is 0 Å². The van der Waals surface area contributed by atoms with Crippen molar-refractivity contribution in [2.45, 2.75) is 6.54 Å². The minimum Gasteiger partial charge on any atom is -0.477 e. The van der Waals surface area contributed by atoms with Crippen molar-refractivity contribution in [3.05, 3.63) is 96.7 Å². The molecule has 0 aliphatic heterocycles. The number of hydrogen-bond acceptors (Lipinski definition) is 6. The van der Waals surface area contributed by atoms with Crippen LogP contribution < -0.4 is 0 Å².